The molecule has 2 rings (SSSR count). The first kappa shape index (κ1) is 14.7. The average molecular weight is 291 g/mol. The van der Waals surface area contributed by atoms with Crippen LogP contribution in [0.25, 0.3) is 10.9 Å². The number of carboxylic acid groups (broad SMARTS) is 1. The summed E-state index contributed by atoms with van der Waals surface area (Å²) >= 11 is 0. The number of ketones is 1. The minimum atomic E-state index is -2.19. The fourth-order valence-electron chi connectivity index (χ4n) is 2.14. The Hall–Kier alpha value is -2.67. The van der Waals surface area contributed by atoms with Gasteiger partial charge >= 0.3 is 5.97 Å². The number of H-pyrrole nitrogens is 1. The van der Waals surface area contributed by atoms with Crippen molar-refractivity contribution in [3.05, 3.63) is 36.0 Å². The average Bonchev–Trinajstić information content (AvgIpc) is 2.82. The van der Waals surface area contributed by atoms with Crippen molar-refractivity contribution >= 4 is 29.1 Å². The van der Waals surface area contributed by atoms with E-state index in [0.29, 0.717) is 5.56 Å². The minimum Gasteiger partial charge on any atom is -0.475 e. The number of benzene rings is 1. The number of rotatable bonds is 7. The van der Waals surface area contributed by atoms with Gasteiger partial charge in [0.25, 0.3) is 6.47 Å². The van der Waals surface area contributed by atoms with Gasteiger partial charge in [0.05, 0.1) is 6.42 Å². The first-order valence-corrected chi connectivity index (χ1v) is 6.10. The molecule has 1 heterocycles. The molecule has 0 saturated heterocycles. The van der Waals surface area contributed by atoms with Gasteiger partial charge in [-0.1, -0.05) is 18.2 Å². The number of Topliss-reactive ketones (excluding diaryl/α,β-unsaturated/α-hetero) is 1. The zero-order valence-electron chi connectivity index (χ0n) is 10.9. The number of carbonyl (C=O) groups is 3. The Labute approximate surface area is 119 Å². The molecule has 21 heavy (non-hydrogen) atoms. The van der Waals surface area contributed by atoms with E-state index < -0.39 is 24.0 Å². The van der Waals surface area contributed by atoms with Crippen LogP contribution < -0.4 is 0 Å². The number of ether oxygens (including phenoxy) is 1. The topological polar surface area (TPSA) is 117 Å². The first-order chi connectivity index (χ1) is 9.95. The molecule has 1 atom stereocenters. The van der Waals surface area contributed by atoms with Crippen LogP contribution in [0.3, 0.4) is 0 Å². The molecule has 0 bridgehead atoms. The number of fused-ring (bicyclic) bond motifs is 1. The predicted octanol–water partition coefficient (Wildman–Crippen LogP) is 0.616. The predicted molar refractivity (Wildman–Crippen MR) is 71.4 cm³/mol. The fraction of sp³-hybridized carbons (Fsp3) is 0.214. The van der Waals surface area contributed by atoms with E-state index in [1.807, 2.05) is 12.1 Å². The molecule has 7 nitrogen and oxygen atoms in total. The third-order valence-corrected chi connectivity index (χ3v) is 3.08. The van der Waals surface area contributed by atoms with Gasteiger partial charge in [0, 0.05) is 23.5 Å². The van der Waals surface area contributed by atoms with E-state index in [1.54, 1.807) is 18.3 Å². The lowest BCUT2D eigenvalue weighted by atomic mass is 9.99. The Morgan fingerprint density at radius 3 is 2.71 bits per heavy atom. The van der Waals surface area contributed by atoms with Crippen molar-refractivity contribution < 1.29 is 29.3 Å². The van der Waals surface area contributed by atoms with E-state index in [-0.39, 0.29) is 12.9 Å². The second-order valence-electron chi connectivity index (χ2n) is 4.60. The maximum Gasteiger partial charge on any atom is 0.372 e. The van der Waals surface area contributed by atoms with E-state index in [4.69, 9.17) is 5.11 Å². The minimum absolute atomic E-state index is 0.00995. The van der Waals surface area contributed by atoms with E-state index in [1.165, 1.54) is 0 Å². The van der Waals surface area contributed by atoms with Gasteiger partial charge in [-0.05, 0) is 11.6 Å². The lowest BCUT2D eigenvalue weighted by Gasteiger charge is -2.24. The Balaban J connectivity index is 2.28. The molecule has 0 spiro atoms. The number of carboxylic acids is 1. The number of para-hydroxylation sites is 1. The molecule has 0 aliphatic carbocycles. The number of aliphatic hydroxyl groups is 1. The monoisotopic (exact) mass is 291 g/mol. The van der Waals surface area contributed by atoms with Gasteiger partial charge in [-0.2, -0.15) is 0 Å². The summed E-state index contributed by atoms with van der Waals surface area (Å²) in [6, 6.07) is 7.23. The molecule has 1 aromatic heterocycles. The van der Waals surface area contributed by atoms with Gasteiger partial charge in [0.1, 0.15) is 0 Å². The summed E-state index contributed by atoms with van der Waals surface area (Å²) in [4.78, 5) is 35.3. The third-order valence-electron chi connectivity index (χ3n) is 3.08. The summed E-state index contributed by atoms with van der Waals surface area (Å²) < 4.78 is 4.55. The second kappa shape index (κ2) is 5.76. The molecule has 110 valence electrons. The number of hydrogen-bond acceptors (Lipinski definition) is 5. The summed E-state index contributed by atoms with van der Waals surface area (Å²) in [6.07, 6.45) is 0.588. The van der Waals surface area contributed by atoms with Crippen LogP contribution in [0.15, 0.2) is 30.5 Å². The van der Waals surface area contributed by atoms with E-state index in [0.717, 1.165) is 10.9 Å². The zero-order valence-corrected chi connectivity index (χ0v) is 10.9. The van der Waals surface area contributed by atoms with Crippen molar-refractivity contribution in [1.82, 2.24) is 4.98 Å². The molecule has 2 aromatic rings. The third kappa shape index (κ3) is 3.26. The SMILES string of the molecule is O=CO[C@](O)(CC(=O)C(=O)O)Cc1c[nH]c2ccccc12. The summed E-state index contributed by atoms with van der Waals surface area (Å²) in [5.41, 5.74) is 1.42. The molecule has 7 heteroatoms. The first-order valence-electron chi connectivity index (χ1n) is 6.10. The van der Waals surface area contributed by atoms with Gasteiger partial charge < -0.3 is 19.9 Å². The Bertz CT molecular complexity index is 692. The van der Waals surface area contributed by atoms with Crippen molar-refractivity contribution in [3.63, 3.8) is 0 Å². The number of nitrogens with one attached hydrogen (secondary N) is 1. The number of aromatic amines is 1. The standard InChI is InChI=1S/C14H13NO6/c16-8-21-14(20,6-12(17)13(18)19)5-9-7-15-11-4-2-1-3-10(9)11/h1-4,7-8,15,20H,5-6H2,(H,18,19)/t14-/m0/s1. The summed E-state index contributed by atoms with van der Waals surface area (Å²) in [7, 11) is 0. The largest absolute Gasteiger partial charge is 0.475 e. The van der Waals surface area contributed by atoms with Crippen LogP contribution in [-0.2, 0) is 25.5 Å². The molecule has 0 saturated carbocycles. The Kier molecular flexibility index (Phi) is 4.04. The Morgan fingerprint density at radius 1 is 1.33 bits per heavy atom. The van der Waals surface area contributed by atoms with Crippen LogP contribution in [0.1, 0.15) is 12.0 Å². The molecule has 3 N–H and O–H groups in total. The van der Waals surface area contributed by atoms with E-state index >= 15 is 0 Å². The van der Waals surface area contributed by atoms with Gasteiger partial charge in [0.15, 0.2) is 0 Å². The van der Waals surface area contributed by atoms with Gasteiger partial charge in [-0.25, -0.2) is 4.79 Å². The highest BCUT2D eigenvalue weighted by Gasteiger charge is 2.35. The van der Waals surface area contributed by atoms with Crippen molar-refractivity contribution in [1.29, 1.82) is 0 Å². The summed E-state index contributed by atoms with van der Waals surface area (Å²) in [5.74, 6) is -5.12. The van der Waals surface area contributed by atoms with Gasteiger partial charge in [-0.3, -0.25) is 9.59 Å². The van der Waals surface area contributed by atoms with Gasteiger partial charge in [0.2, 0.25) is 11.6 Å². The zero-order chi connectivity index (χ0) is 15.5. The van der Waals surface area contributed by atoms with Crippen molar-refractivity contribution in [2.24, 2.45) is 0 Å². The summed E-state index contributed by atoms with van der Waals surface area (Å²) in [6.45, 7) is -0.00995. The normalized spacial score (nSPS) is 13.6. The van der Waals surface area contributed by atoms with Crippen LogP contribution in [0.4, 0.5) is 0 Å². The quantitative estimate of drug-likeness (QED) is 0.391. The van der Waals surface area contributed by atoms with Crippen LogP contribution >= 0.6 is 0 Å². The van der Waals surface area contributed by atoms with Crippen LogP contribution in [0.2, 0.25) is 0 Å². The van der Waals surface area contributed by atoms with Gasteiger partial charge in [-0.15, -0.1) is 0 Å². The molecular weight excluding hydrogens is 278 g/mol. The molecule has 0 radical (unpaired) electrons. The number of carbonyl (C=O) groups excluding carboxylic acids is 2. The molecule has 0 unspecified atom stereocenters. The number of hydrogen-bond donors (Lipinski definition) is 3. The van der Waals surface area contributed by atoms with Crippen molar-refractivity contribution in [2.75, 3.05) is 0 Å². The highest BCUT2D eigenvalue weighted by molar-refractivity contribution is 6.32. The maximum absolute atomic E-state index is 11.3. The maximum atomic E-state index is 11.3. The molecular formula is C14H13NO6. The highest BCUT2D eigenvalue weighted by Crippen LogP contribution is 2.25. The van der Waals surface area contributed by atoms with E-state index in [9.17, 15) is 19.5 Å². The van der Waals surface area contributed by atoms with Crippen molar-refractivity contribution in [2.45, 2.75) is 18.6 Å². The lowest BCUT2D eigenvalue weighted by molar-refractivity contribution is -0.199. The fourth-order valence-corrected chi connectivity index (χ4v) is 2.14. The smallest absolute Gasteiger partial charge is 0.372 e. The number of aromatic nitrogens is 1. The van der Waals surface area contributed by atoms with Crippen LogP contribution in [-0.4, -0.2) is 39.2 Å². The van der Waals surface area contributed by atoms with Crippen LogP contribution in [0, 0.1) is 0 Å². The molecule has 0 fully saturated rings. The second-order valence-corrected chi connectivity index (χ2v) is 4.60. The lowest BCUT2D eigenvalue weighted by Crippen LogP contribution is -2.39. The molecule has 0 aliphatic heterocycles. The highest BCUT2D eigenvalue weighted by atomic mass is 16.6. The summed E-state index contributed by atoms with van der Waals surface area (Å²) in [5, 5.41) is 19.6. The number of aliphatic carboxylic acids is 1. The van der Waals surface area contributed by atoms with Crippen molar-refractivity contribution in [3.8, 4) is 0 Å². The Morgan fingerprint density at radius 2 is 2.05 bits per heavy atom. The van der Waals surface area contributed by atoms with Crippen LogP contribution in [0.5, 0.6) is 0 Å². The molecule has 0 amide bonds. The molecule has 1 aromatic carbocycles. The molecule has 0 aliphatic rings. The van der Waals surface area contributed by atoms with E-state index in [2.05, 4.69) is 9.72 Å².